The number of rotatable bonds is 2. The van der Waals surface area contributed by atoms with Crippen LogP contribution >= 0.6 is 0 Å². The molecular weight excluding hydrogens is 213 g/mol. The Morgan fingerprint density at radius 1 is 1.06 bits per heavy atom. The minimum atomic E-state index is -0.275. The Bertz CT molecular complexity index is 393. The van der Waals surface area contributed by atoms with Gasteiger partial charge in [-0.2, -0.15) is 0 Å². The zero-order valence-electron chi connectivity index (χ0n) is 11.6. The summed E-state index contributed by atoms with van der Waals surface area (Å²) in [5.41, 5.74) is 1.84. The molecule has 1 aromatic rings. The second-order valence-corrected chi connectivity index (χ2v) is 6.11. The van der Waals surface area contributed by atoms with Crippen molar-refractivity contribution in [3.63, 3.8) is 0 Å². The quantitative estimate of drug-likeness (QED) is 0.799. The summed E-state index contributed by atoms with van der Waals surface area (Å²) in [5.74, 6) is 0.468. The molecule has 2 rings (SSSR count). The van der Waals surface area contributed by atoms with Crippen LogP contribution in [0.15, 0.2) is 12.4 Å². The molecule has 1 aliphatic heterocycles. The van der Waals surface area contributed by atoms with E-state index < -0.39 is 0 Å². The van der Waals surface area contributed by atoms with Gasteiger partial charge in [0.2, 0.25) is 0 Å². The van der Waals surface area contributed by atoms with Crippen molar-refractivity contribution in [3.05, 3.63) is 18.0 Å². The second kappa shape index (κ2) is 3.89. The first-order valence-electron chi connectivity index (χ1n) is 6.27. The first-order chi connectivity index (χ1) is 7.74. The zero-order valence-corrected chi connectivity index (χ0v) is 11.6. The summed E-state index contributed by atoms with van der Waals surface area (Å²) in [7, 11) is -0.261. The normalized spacial score (nSPS) is 22.4. The molecule has 3 nitrogen and oxygen atoms in total. The standard InChI is InChI=1S/C13H22BNO2/c1-9(2)10-7-15-8-11(10)14-16-12(3,4)13(5,6)17-14/h7-9,15H,1-6H3. The molecule has 0 spiro atoms. The fourth-order valence-electron chi connectivity index (χ4n) is 2.06. The van der Waals surface area contributed by atoms with Gasteiger partial charge in [-0.1, -0.05) is 13.8 Å². The van der Waals surface area contributed by atoms with Gasteiger partial charge >= 0.3 is 7.12 Å². The average Bonchev–Trinajstić information content (AvgIpc) is 2.69. The summed E-state index contributed by atoms with van der Waals surface area (Å²) in [6.45, 7) is 12.7. The van der Waals surface area contributed by atoms with Gasteiger partial charge in [-0.15, -0.1) is 0 Å². The predicted molar refractivity (Wildman–Crippen MR) is 70.6 cm³/mol. The van der Waals surface area contributed by atoms with E-state index in [2.05, 4.69) is 46.5 Å². The van der Waals surface area contributed by atoms with E-state index in [1.807, 2.05) is 12.4 Å². The second-order valence-electron chi connectivity index (χ2n) is 6.11. The van der Waals surface area contributed by atoms with Gasteiger partial charge in [-0.05, 0) is 39.2 Å². The van der Waals surface area contributed by atoms with Crippen LogP contribution in [0, 0.1) is 0 Å². The SMILES string of the molecule is CC(C)c1c[nH]cc1B1OC(C)(C)C(C)(C)O1. The highest BCUT2D eigenvalue weighted by molar-refractivity contribution is 6.62. The highest BCUT2D eigenvalue weighted by Crippen LogP contribution is 2.36. The Labute approximate surface area is 104 Å². The van der Waals surface area contributed by atoms with Gasteiger partial charge < -0.3 is 14.3 Å². The van der Waals surface area contributed by atoms with Crippen LogP contribution in [0.25, 0.3) is 0 Å². The van der Waals surface area contributed by atoms with Gasteiger partial charge in [0, 0.05) is 17.9 Å². The van der Waals surface area contributed by atoms with E-state index in [4.69, 9.17) is 9.31 Å². The highest BCUT2D eigenvalue weighted by atomic mass is 16.7. The molecule has 0 saturated carbocycles. The maximum Gasteiger partial charge on any atom is 0.496 e. The predicted octanol–water partition coefficient (Wildman–Crippen LogP) is 2.44. The van der Waals surface area contributed by atoms with Crippen molar-refractivity contribution in [1.29, 1.82) is 0 Å². The van der Waals surface area contributed by atoms with Crippen LogP contribution < -0.4 is 5.46 Å². The van der Waals surface area contributed by atoms with Crippen molar-refractivity contribution in [2.75, 3.05) is 0 Å². The lowest BCUT2D eigenvalue weighted by Gasteiger charge is -2.32. The third kappa shape index (κ3) is 2.04. The van der Waals surface area contributed by atoms with Gasteiger partial charge in [0.25, 0.3) is 0 Å². The van der Waals surface area contributed by atoms with Crippen molar-refractivity contribution >= 4 is 12.6 Å². The maximum atomic E-state index is 6.06. The van der Waals surface area contributed by atoms with Crippen molar-refractivity contribution in [2.45, 2.75) is 58.7 Å². The first kappa shape index (κ1) is 12.7. The monoisotopic (exact) mass is 235 g/mol. The van der Waals surface area contributed by atoms with E-state index in [1.54, 1.807) is 0 Å². The Morgan fingerprint density at radius 2 is 1.59 bits per heavy atom. The molecule has 4 heteroatoms. The molecule has 1 fully saturated rings. The summed E-state index contributed by atoms with van der Waals surface area (Å²) in [5, 5.41) is 0. The van der Waals surface area contributed by atoms with E-state index in [-0.39, 0.29) is 18.3 Å². The fraction of sp³-hybridized carbons (Fsp3) is 0.692. The topological polar surface area (TPSA) is 34.2 Å². The third-order valence-electron chi connectivity index (χ3n) is 3.94. The van der Waals surface area contributed by atoms with Crippen molar-refractivity contribution in [3.8, 4) is 0 Å². The van der Waals surface area contributed by atoms with Crippen LogP contribution in [0.5, 0.6) is 0 Å². The summed E-state index contributed by atoms with van der Waals surface area (Å²) >= 11 is 0. The molecule has 1 aromatic heterocycles. The summed E-state index contributed by atoms with van der Waals surface area (Å²) in [6.07, 6.45) is 4.02. The van der Waals surface area contributed by atoms with Crippen molar-refractivity contribution in [2.24, 2.45) is 0 Å². The molecule has 1 saturated heterocycles. The van der Waals surface area contributed by atoms with E-state index in [1.165, 1.54) is 5.56 Å². The number of aromatic amines is 1. The molecule has 0 aliphatic carbocycles. The number of nitrogens with one attached hydrogen (secondary N) is 1. The van der Waals surface area contributed by atoms with Crippen LogP contribution in [0.2, 0.25) is 0 Å². The largest absolute Gasteiger partial charge is 0.496 e. The maximum absolute atomic E-state index is 6.06. The van der Waals surface area contributed by atoms with Crippen molar-refractivity contribution in [1.82, 2.24) is 4.98 Å². The molecular formula is C13H22BNO2. The number of H-pyrrole nitrogens is 1. The molecule has 2 heterocycles. The Balaban J connectivity index is 2.29. The minimum absolute atomic E-state index is 0.261. The van der Waals surface area contributed by atoms with Crippen LogP contribution in [-0.2, 0) is 9.31 Å². The number of hydrogen-bond acceptors (Lipinski definition) is 2. The van der Waals surface area contributed by atoms with Gasteiger partial charge in [-0.3, -0.25) is 0 Å². The van der Waals surface area contributed by atoms with Crippen molar-refractivity contribution < 1.29 is 9.31 Å². The minimum Gasteiger partial charge on any atom is -0.399 e. The van der Waals surface area contributed by atoms with Crippen LogP contribution in [0.3, 0.4) is 0 Å². The summed E-state index contributed by atoms with van der Waals surface area (Å²) < 4.78 is 12.1. The molecule has 0 amide bonds. The van der Waals surface area contributed by atoms with Gasteiger partial charge in [-0.25, -0.2) is 0 Å². The lowest BCUT2D eigenvalue weighted by molar-refractivity contribution is 0.00578. The Morgan fingerprint density at radius 3 is 2.06 bits per heavy atom. The molecule has 0 radical (unpaired) electrons. The smallest absolute Gasteiger partial charge is 0.399 e. The van der Waals surface area contributed by atoms with E-state index in [0.29, 0.717) is 5.92 Å². The van der Waals surface area contributed by atoms with Crippen LogP contribution in [0.1, 0.15) is 53.0 Å². The Hall–Kier alpha value is -0.735. The summed E-state index contributed by atoms with van der Waals surface area (Å²) in [6, 6.07) is 0. The fourth-order valence-corrected chi connectivity index (χ4v) is 2.06. The first-order valence-corrected chi connectivity index (χ1v) is 6.27. The van der Waals surface area contributed by atoms with Gasteiger partial charge in [0.1, 0.15) is 0 Å². The lowest BCUT2D eigenvalue weighted by Crippen LogP contribution is -2.41. The molecule has 17 heavy (non-hydrogen) atoms. The van der Waals surface area contributed by atoms with Gasteiger partial charge in [0.15, 0.2) is 0 Å². The molecule has 0 aromatic carbocycles. The molecule has 94 valence electrons. The van der Waals surface area contributed by atoms with E-state index >= 15 is 0 Å². The lowest BCUT2D eigenvalue weighted by atomic mass is 9.76. The van der Waals surface area contributed by atoms with E-state index in [9.17, 15) is 0 Å². The van der Waals surface area contributed by atoms with Crippen LogP contribution in [0.4, 0.5) is 0 Å². The summed E-state index contributed by atoms with van der Waals surface area (Å²) in [4.78, 5) is 3.15. The molecule has 1 aliphatic rings. The molecule has 1 N–H and O–H groups in total. The van der Waals surface area contributed by atoms with Gasteiger partial charge in [0.05, 0.1) is 11.2 Å². The average molecular weight is 235 g/mol. The number of hydrogen-bond donors (Lipinski definition) is 1. The molecule has 0 bridgehead atoms. The zero-order chi connectivity index (χ0) is 12.8. The third-order valence-corrected chi connectivity index (χ3v) is 3.94. The highest BCUT2D eigenvalue weighted by Gasteiger charge is 2.52. The van der Waals surface area contributed by atoms with E-state index in [0.717, 1.165) is 5.46 Å². The molecule has 0 atom stereocenters. The molecule has 0 unspecified atom stereocenters. The Kier molecular flexibility index (Phi) is 2.91. The number of aromatic nitrogens is 1. The van der Waals surface area contributed by atoms with Crippen LogP contribution in [-0.4, -0.2) is 23.3 Å².